The van der Waals surface area contributed by atoms with Crippen LogP contribution in [0.15, 0.2) is 30.6 Å². The summed E-state index contributed by atoms with van der Waals surface area (Å²) in [5.41, 5.74) is 0.423. The van der Waals surface area contributed by atoms with Crippen molar-refractivity contribution in [2.45, 2.75) is 44.7 Å². The maximum Gasteiger partial charge on any atom is 0.258 e. The molecule has 1 aromatic heterocycles. The van der Waals surface area contributed by atoms with E-state index < -0.39 is 5.82 Å². The van der Waals surface area contributed by atoms with E-state index in [0.29, 0.717) is 12.0 Å². The molecule has 3 aliphatic rings. The first-order valence-electron chi connectivity index (χ1n) is 9.27. The van der Waals surface area contributed by atoms with E-state index in [2.05, 4.69) is 10.4 Å². The number of halogens is 2. The van der Waals surface area contributed by atoms with Gasteiger partial charge in [-0.2, -0.15) is 5.10 Å². The van der Waals surface area contributed by atoms with E-state index in [4.69, 9.17) is 16.3 Å². The van der Waals surface area contributed by atoms with Crippen LogP contribution in [0.25, 0.3) is 0 Å². The number of nitrogens with zero attached hydrogens (tertiary/aromatic N) is 2. The second kappa shape index (κ2) is 6.88. The van der Waals surface area contributed by atoms with Crippen LogP contribution >= 0.6 is 11.6 Å². The zero-order chi connectivity index (χ0) is 19.9. The molecule has 0 atom stereocenters. The maximum atomic E-state index is 13.4. The van der Waals surface area contributed by atoms with E-state index in [1.54, 1.807) is 17.1 Å². The van der Waals surface area contributed by atoms with E-state index in [-0.39, 0.29) is 40.0 Å². The predicted octanol–water partition coefficient (Wildman–Crippen LogP) is 3.39. The molecule has 0 spiro atoms. The summed E-state index contributed by atoms with van der Waals surface area (Å²) in [5, 5.41) is 7.15. The monoisotopic (exact) mass is 405 g/mol. The van der Waals surface area contributed by atoms with Crippen molar-refractivity contribution >= 4 is 23.3 Å². The highest BCUT2D eigenvalue weighted by Gasteiger charge is 2.68. The van der Waals surface area contributed by atoms with Crippen molar-refractivity contribution < 1.29 is 18.7 Å². The Labute approximate surface area is 167 Å². The van der Waals surface area contributed by atoms with Crippen LogP contribution in [0, 0.1) is 11.2 Å². The highest BCUT2D eigenvalue weighted by molar-refractivity contribution is 6.30. The molecular weight excluding hydrogens is 385 g/mol. The summed E-state index contributed by atoms with van der Waals surface area (Å²) in [6.07, 6.45) is 6.29. The van der Waals surface area contributed by atoms with Gasteiger partial charge in [-0.15, -0.1) is 0 Å². The smallest absolute Gasteiger partial charge is 0.258 e. The van der Waals surface area contributed by atoms with Gasteiger partial charge in [-0.1, -0.05) is 11.6 Å². The number of ketones is 1. The number of Topliss-reactive ketones (excluding diaryl/α,β-unsaturated/α-hetero) is 1. The molecule has 1 amide bonds. The van der Waals surface area contributed by atoms with Gasteiger partial charge in [0.1, 0.15) is 11.6 Å². The Morgan fingerprint density at radius 2 is 2.11 bits per heavy atom. The molecule has 2 aromatic rings. The summed E-state index contributed by atoms with van der Waals surface area (Å²) >= 11 is 5.62. The fourth-order valence-electron chi connectivity index (χ4n) is 4.49. The van der Waals surface area contributed by atoms with E-state index in [1.165, 1.54) is 12.1 Å². The SMILES string of the molecule is CCn1cc(C(=O)CC23CC(NC(=O)COc4ccc(Cl)c(F)c4)(C2)C3)cn1. The Morgan fingerprint density at radius 1 is 1.36 bits per heavy atom. The maximum absolute atomic E-state index is 13.4. The fraction of sp³-hybridized carbons (Fsp3) is 0.450. The van der Waals surface area contributed by atoms with Crippen molar-refractivity contribution in [2.24, 2.45) is 5.41 Å². The van der Waals surface area contributed by atoms with Crippen LogP contribution in [0.1, 0.15) is 43.0 Å². The van der Waals surface area contributed by atoms with Crippen molar-refractivity contribution in [2.75, 3.05) is 6.61 Å². The van der Waals surface area contributed by atoms with E-state index in [0.717, 1.165) is 31.9 Å². The second-order valence-corrected chi connectivity index (χ2v) is 8.32. The first-order chi connectivity index (χ1) is 13.3. The molecule has 3 aliphatic carbocycles. The highest BCUT2D eigenvalue weighted by Crippen LogP contribution is 2.69. The summed E-state index contributed by atoms with van der Waals surface area (Å²) in [6, 6.07) is 4.05. The first-order valence-corrected chi connectivity index (χ1v) is 9.64. The lowest BCUT2D eigenvalue weighted by atomic mass is 9.38. The Bertz CT molecular complexity index is 923. The molecule has 8 heteroatoms. The molecule has 3 saturated carbocycles. The zero-order valence-corrected chi connectivity index (χ0v) is 16.3. The van der Waals surface area contributed by atoms with Crippen molar-refractivity contribution in [3.05, 3.63) is 47.0 Å². The van der Waals surface area contributed by atoms with Crippen molar-refractivity contribution in [3.8, 4) is 5.75 Å². The number of rotatable bonds is 8. The quantitative estimate of drug-likeness (QED) is 0.683. The molecule has 3 fully saturated rings. The third kappa shape index (κ3) is 3.51. The molecule has 28 heavy (non-hydrogen) atoms. The zero-order valence-electron chi connectivity index (χ0n) is 15.5. The minimum absolute atomic E-state index is 0.00115. The van der Waals surface area contributed by atoms with Crippen molar-refractivity contribution in [1.82, 2.24) is 15.1 Å². The number of benzene rings is 1. The minimum atomic E-state index is -0.588. The van der Waals surface area contributed by atoms with Gasteiger partial charge >= 0.3 is 0 Å². The number of amides is 1. The number of aryl methyl sites for hydroxylation is 1. The standard InChI is InChI=1S/C20H21ClFN3O3/c1-2-25-8-13(7-23-25)17(26)6-19-10-20(11-19,12-19)24-18(27)9-28-14-3-4-15(21)16(22)5-14/h3-5,7-8H,2,6,9-12H2,1H3,(H,24,27). The molecule has 1 heterocycles. The van der Waals surface area contributed by atoms with Crippen LogP contribution in [0.4, 0.5) is 4.39 Å². The van der Waals surface area contributed by atoms with Gasteiger partial charge in [-0.05, 0) is 43.7 Å². The van der Waals surface area contributed by atoms with E-state index >= 15 is 0 Å². The third-order valence-electron chi connectivity index (χ3n) is 5.62. The number of carbonyl (C=O) groups is 2. The molecule has 0 radical (unpaired) electrons. The van der Waals surface area contributed by atoms with Gasteiger partial charge in [-0.3, -0.25) is 14.3 Å². The average molecular weight is 406 g/mol. The van der Waals surface area contributed by atoms with E-state index in [9.17, 15) is 14.0 Å². The van der Waals surface area contributed by atoms with Crippen molar-refractivity contribution in [3.63, 3.8) is 0 Å². The normalized spacial score (nSPS) is 24.8. The van der Waals surface area contributed by atoms with Crippen LogP contribution in [0.5, 0.6) is 5.75 Å². The molecule has 1 aromatic carbocycles. The number of nitrogens with one attached hydrogen (secondary N) is 1. The van der Waals surface area contributed by atoms with Crippen LogP contribution in [-0.4, -0.2) is 33.6 Å². The van der Waals surface area contributed by atoms with E-state index in [1.807, 2.05) is 6.92 Å². The lowest BCUT2D eigenvalue weighted by molar-refractivity contribution is -0.164. The van der Waals surface area contributed by atoms with Gasteiger partial charge in [0.15, 0.2) is 12.4 Å². The Hall–Kier alpha value is -2.41. The van der Waals surface area contributed by atoms with Crippen molar-refractivity contribution in [1.29, 1.82) is 0 Å². The van der Waals surface area contributed by atoms with Gasteiger partial charge in [-0.25, -0.2) is 4.39 Å². The first kappa shape index (κ1) is 18.9. The predicted molar refractivity (Wildman–Crippen MR) is 101 cm³/mol. The molecule has 148 valence electrons. The Morgan fingerprint density at radius 3 is 2.75 bits per heavy atom. The van der Waals surface area contributed by atoms with Gasteiger partial charge in [0, 0.05) is 30.8 Å². The van der Waals surface area contributed by atoms with Crippen LogP contribution in [-0.2, 0) is 11.3 Å². The topological polar surface area (TPSA) is 73.2 Å². The second-order valence-electron chi connectivity index (χ2n) is 7.91. The fourth-order valence-corrected chi connectivity index (χ4v) is 4.61. The molecule has 2 bridgehead atoms. The third-order valence-corrected chi connectivity index (χ3v) is 5.93. The summed E-state index contributed by atoms with van der Waals surface area (Å²) < 4.78 is 20.5. The molecule has 5 rings (SSSR count). The summed E-state index contributed by atoms with van der Waals surface area (Å²) in [5.74, 6) is -0.481. The van der Waals surface area contributed by atoms with Gasteiger partial charge in [0.05, 0.1) is 16.8 Å². The largest absolute Gasteiger partial charge is 0.484 e. The number of aromatic nitrogens is 2. The number of carbonyl (C=O) groups excluding carboxylic acids is 2. The molecular formula is C20H21ClFN3O3. The van der Waals surface area contributed by atoms with Gasteiger partial charge in [0.25, 0.3) is 5.91 Å². The number of ether oxygens (including phenoxy) is 1. The lowest BCUT2D eigenvalue weighted by Crippen LogP contribution is -2.75. The number of hydrogen-bond acceptors (Lipinski definition) is 4. The summed E-state index contributed by atoms with van der Waals surface area (Å²) in [6.45, 7) is 2.52. The average Bonchev–Trinajstić information content (AvgIpc) is 3.09. The Kier molecular flexibility index (Phi) is 4.65. The summed E-state index contributed by atoms with van der Waals surface area (Å²) in [4.78, 5) is 24.6. The summed E-state index contributed by atoms with van der Waals surface area (Å²) in [7, 11) is 0. The van der Waals surface area contributed by atoms with Crippen LogP contribution in [0.3, 0.4) is 0 Å². The van der Waals surface area contributed by atoms with Crippen LogP contribution < -0.4 is 10.1 Å². The molecule has 0 aliphatic heterocycles. The van der Waals surface area contributed by atoms with Crippen LogP contribution in [0.2, 0.25) is 5.02 Å². The Balaban J connectivity index is 1.23. The number of hydrogen-bond donors (Lipinski definition) is 1. The molecule has 6 nitrogen and oxygen atoms in total. The highest BCUT2D eigenvalue weighted by atomic mass is 35.5. The van der Waals surface area contributed by atoms with Gasteiger partial charge < -0.3 is 10.1 Å². The molecule has 0 saturated heterocycles. The molecule has 1 N–H and O–H groups in total. The minimum Gasteiger partial charge on any atom is -0.484 e. The lowest BCUT2D eigenvalue weighted by Gasteiger charge is -2.70. The molecule has 0 unspecified atom stereocenters. The van der Waals surface area contributed by atoms with Gasteiger partial charge in [0.2, 0.25) is 0 Å².